The molecule has 16 heteroatoms. The fourth-order valence-electron chi connectivity index (χ4n) is 1.79. The van der Waals surface area contributed by atoms with Crippen molar-refractivity contribution >= 4 is 110 Å². The highest BCUT2D eigenvalue weighted by Crippen LogP contribution is 2.42. The first-order valence-electron chi connectivity index (χ1n) is 10.3. The lowest BCUT2D eigenvalue weighted by Gasteiger charge is -2.19. The van der Waals surface area contributed by atoms with Crippen molar-refractivity contribution in [3.63, 3.8) is 0 Å². The van der Waals surface area contributed by atoms with E-state index >= 15 is 0 Å². The van der Waals surface area contributed by atoms with Crippen molar-refractivity contribution in [1.29, 1.82) is 0 Å². The lowest BCUT2D eigenvalue weighted by Crippen LogP contribution is -2.25. The van der Waals surface area contributed by atoms with Gasteiger partial charge in [-0.3, -0.25) is 0 Å². The van der Waals surface area contributed by atoms with Gasteiger partial charge in [-0.2, -0.15) is 0 Å². The van der Waals surface area contributed by atoms with Gasteiger partial charge in [0.15, 0.2) is 16.3 Å². The van der Waals surface area contributed by atoms with Crippen LogP contribution >= 0.6 is 91.7 Å². The number of hydrogen-bond donors (Lipinski definition) is 3. The van der Waals surface area contributed by atoms with Crippen molar-refractivity contribution in [3.8, 4) is 0 Å². The van der Waals surface area contributed by atoms with E-state index < -0.39 is 42.8 Å². The van der Waals surface area contributed by atoms with E-state index in [9.17, 15) is 29.7 Å². The fourth-order valence-corrected chi connectivity index (χ4v) is 6.38. The second-order valence-corrected chi connectivity index (χ2v) is 13.3. The van der Waals surface area contributed by atoms with Crippen LogP contribution in [0.25, 0.3) is 0 Å². The van der Waals surface area contributed by atoms with E-state index in [1.165, 1.54) is 0 Å². The quantitative estimate of drug-likeness (QED) is 0.0657. The zero-order chi connectivity index (χ0) is 25.8. The number of halogens is 3. The molecule has 0 heterocycles. The molecule has 0 aromatic carbocycles. The number of rotatable bonds is 21. The Morgan fingerprint density at radius 3 is 1.09 bits per heavy atom. The van der Waals surface area contributed by atoms with Gasteiger partial charge in [0, 0.05) is 16.0 Å². The predicted octanol–water partition coefficient (Wildman–Crippen LogP) is 4.52. The van der Waals surface area contributed by atoms with Crippen molar-refractivity contribution in [1.82, 2.24) is 0 Å². The van der Waals surface area contributed by atoms with Crippen molar-refractivity contribution in [2.75, 3.05) is 33.2 Å². The summed E-state index contributed by atoms with van der Waals surface area (Å²) in [5.41, 5.74) is -4.74. The summed E-state index contributed by atoms with van der Waals surface area (Å²) < 4.78 is 14.7. The molecular weight excluding hydrogens is 727 g/mol. The summed E-state index contributed by atoms with van der Waals surface area (Å²) >= 11 is 12.6. The number of aliphatic hydroxyl groups is 3. The molecule has 3 N–H and O–H groups in total. The van der Waals surface area contributed by atoms with Crippen molar-refractivity contribution < 1.29 is 43.3 Å². The first kappa shape index (κ1) is 35.2. The van der Waals surface area contributed by atoms with Gasteiger partial charge >= 0.3 is 26.5 Å². The third-order valence-corrected chi connectivity index (χ3v) is 9.28. The van der Waals surface area contributed by atoms with Gasteiger partial charge in [-0.1, -0.05) is 47.8 Å². The maximum Gasteiger partial charge on any atom is 0.537 e. The highest BCUT2D eigenvalue weighted by Gasteiger charge is 2.34. The van der Waals surface area contributed by atoms with E-state index in [0.29, 0.717) is 17.3 Å². The van der Waals surface area contributed by atoms with Gasteiger partial charge in [0.1, 0.15) is 0 Å². The van der Waals surface area contributed by atoms with Crippen molar-refractivity contribution in [3.05, 3.63) is 0 Å². The summed E-state index contributed by atoms with van der Waals surface area (Å²) in [5.74, 6) is -2.04. The molecule has 0 aromatic heterocycles. The Morgan fingerprint density at radius 1 is 0.588 bits per heavy atom. The second-order valence-electron chi connectivity index (χ2n) is 6.31. The minimum absolute atomic E-state index is 0.479. The standard InChI is InChI=1S/C18H30Br3O9PS3/c19-7-1-4-10-32-16(25)13(22)28-31(29-14(23)17(26)33-11-5-2-8-20)30-15(24)18(27)34-12-6-3-9-21/h16-18,25-27H,1-12H2. The number of alkyl halides is 3. The molecule has 200 valence electrons. The summed E-state index contributed by atoms with van der Waals surface area (Å²) in [6.45, 7) is 0. The number of hydrogen-bond acceptors (Lipinski definition) is 12. The van der Waals surface area contributed by atoms with Crippen LogP contribution in [-0.4, -0.2) is 82.8 Å². The minimum atomic E-state index is -2.93. The monoisotopic (exact) mass is 754 g/mol. The molecule has 0 aromatic rings. The van der Waals surface area contributed by atoms with E-state index in [1.807, 2.05) is 0 Å². The zero-order valence-electron chi connectivity index (χ0n) is 18.3. The molecule has 0 radical (unpaired) electrons. The van der Waals surface area contributed by atoms with Gasteiger partial charge in [0.25, 0.3) is 0 Å². The van der Waals surface area contributed by atoms with Crippen molar-refractivity contribution in [2.45, 2.75) is 54.8 Å². The maximum absolute atomic E-state index is 12.2. The summed E-state index contributed by atoms with van der Waals surface area (Å²) in [6, 6.07) is 0. The SMILES string of the molecule is O=C(OP(OC(=O)C(O)SCCCCBr)OC(=O)C(O)SCCCCBr)C(O)SCCCCBr. The maximum atomic E-state index is 12.2. The van der Waals surface area contributed by atoms with Gasteiger partial charge in [0.05, 0.1) is 0 Å². The number of thioether (sulfide) groups is 3. The molecule has 0 bridgehead atoms. The van der Waals surface area contributed by atoms with Crippen molar-refractivity contribution in [2.24, 2.45) is 0 Å². The smallest absolute Gasteiger partial charge is 0.372 e. The van der Waals surface area contributed by atoms with Crippen LogP contribution in [0.15, 0.2) is 0 Å². The number of carbonyl (C=O) groups is 3. The molecule has 34 heavy (non-hydrogen) atoms. The molecular formula is C18H30Br3O9PS3. The lowest BCUT2D eigenvalue weighted by molar-refractivity contribution is -0.148. The molecule has 3 atom stereocenters. The highest BCUT2D eigenvalue weighted by atomic mass is 79.9. The highest BCUT2D eigenvalue weighted by molar-refractivity contribution is 9.09. The van der Waals surface area contributed by atoms with Crippen LogP contribution < -0.4 is 0 Å². The first-order valence-corrected chi connectivity index (χ1v) is 17.9. The van der Waals surface area contributed by atoms with Crippen LogP contribution in [-0.2, 0) is 28.0 Å². The van der Waals surface area contributed by atoms with Crippen LogP contribution in [0.2, 0.25) is 0 Å². The third-order valence-electron chi connectivity index (χ3n) is 3.51. The molecule has 9 nitrogen and oxygen atoms in total. The second kappa shape index (κ2) is 23.3. The molecule has 0 saturated carbocycles. The van der Waals surface area contributed by atoms with Gasteiger partial charge < -0.3 is 28.9 Å². The topological polar surface area (TPSA) is 140 Å². The molecule has 0 aliphatic heterocycles. The Labute approximate surface area is 239 Å². The van der Waals surface area contributed by atoms with E-state index in [-0.39, 0.29) is 0 Å². The lowest BCUT2D eigenvalue weighted by atomic mass is 10.4. The van der Waals surface area contributed by atoms with Crippen LogP contribution in [0, 0.1) is 0 Å². The van der Waals surface area contributed by atoms with Gasteiger partial charge in [-0.15, -0.1) is 35.3 Å². The third kappa shape index (κ3) is 18.5. The normalized spacial score (nSPS) is 14.6. The number of unbranched alkanes of at least 4 members (excludes halogenated alkanes) is 3. The number of carbonyl (C=O) groups excluding carboxylic acids is 3. The van der Waals surface area contributed by atoms with E-state index in [1.54, 1.807) is 0 Å². The predicted molar refractivity (Wildman–Crippen MR) is 150 cm³/mol. The Morgan fingerprint density at radius 2 is 0.853 bits per heavy atom. The zero-order valence-corrected chi connectivity index (χ0v) is 26.4. The molecule has 0 aliphatic carbocycles. The van der Waals surface area contributed by atoms with Crippen LogP contribution in [0.3, 0.4) is 0 Å². The Kier molecular flexibility index (Phi) is 24.2. The van der Waals surface area contributed by atoms with Gasteiger partial charge in [-0.25, -0.2) is 14.4 Å². The van der Waals surface area contributed by atoms with E-state index in [4.69, 9.17) is 13.6 Å². The summed E-state index contributed by atoms with van der Waals surface area (Å²) in [4.78, 5) is 36.6. The molecule has 3 unspecified atom stereocenters. The van der Waals surface area contributed by atoms with E-state index in [2.05, 4.69) is 47.8 Å². The molecule has 0 fully saturated rings. The average Bonchev–Trinajstić information content (AvgIpc) is 2.81. The van der Waals surface area contributed by atoms with Gasteiger partial charge in [-0.05, 0) is 55.8 Å². The van der Waals surface area contributed by atoms with Crippen LogP contribution in [0.4, 0.5) is 0 Å². The number of aliphatic hydroxyl groups excluding tert-OH is 3. The Bertz CT molecular complexity index is 508. The summed E-state index contributed by atoms with van der Waals surface area (Å²) in [5, 5.41) is 32.3. The van der Waals surface area contributed by atoms with E-state index in [0.717, 1.165) is 89.8 Å². The summed E-state index contributed by atoms with van der Waals surface area (Å²) in [7, 11) is -2.93. The molecule has 0 amide bonds. The average molecular weight is 757 g/mol. The molecule has 0 saturated heterocycles. The fraction of sp³-hybridized carbons (Fsp3) is 0.833. The first-order chi connectivity index (χ1) is 16.3. The van der Waals surface area contributed by atoms with Crippen LogP contribution in [0.1, 0.15) is 38.5 Å². The molecule has 0 spiro atoms. The van der Waals surface area contributed by atoms with Gasteiger partial charge in [0.2, 0.25) is 0 Å². The minimum Gasteiger partial charge on any atom is -0.372 e. The summed E-state index contributed by atoms with van der Waals surface area (Å²) in [6.07, 6.45) is 4.80. The largest absolute Gasteiger partial charge is 0.537 e. The molecule has 0 rings (SSSR count). The Balaban J connectivity index is 4.94. The molecule has 0 aliphatic rings. The van der Waals surface area contributed by atoms with Crippen LogP contribution in [0.5, 0.6) is 0 Å². The Hall–Kier alpha value is 1.21.